The minimum Gasteiger partial charge on any atom is -0.475 e. The fourth-order valence-corrected chi connectivity index (χ4v) is 4.21. The van der Waals surface area contributed by atoms with Gasteiger partial charge in [-0.05, 0) is 36.4 Å². The third-order valence-corrected chi connectivity index (χ3v) is 6.02. The number of halogens is 1. The van der Waals surface area contributed by atoms with Crippen LogP contribution in [0.4, 0.5) is 5.69 Å². The first kappa shape index (κ1) is 20.7. The van der Waals surface area contributed by atoms with E-state index in [-0.39, 0.29) is 10.6 Å². The van der Waals surface area contributed by atoms with E-state index in [4.69, 9.17) is 16.3 Å². The number of aliphatic hydroxyl groups excluding tert-OH is 1. The van der Waals surface area contributed by atoms with Gasteiger partial charge in [-0.1, -0.05) is 32.4 Å². The van der Waals surface area contributed by atoms with Crippen LogP contribution in [0, 0.1) is 0 Å². The SMILES string of the molecule is CC(C)(C)c1ccc(-n2ccc3cc(N4CCOc5ncnc(Cl)c5C4O)ccc32)cn1. The summed E-state index contributed by atoms with van der Waals surface area (Å²) in [5.41, 5.74) is 4.37. The molecule has 0 radical (unpaired) electrons. The van der Waals surface area contributed by atoms with Gasteiger partial charge in [0.2, 0.25) is 5.88 Å². The Morgan fingerprint density at radius 1 is 1.06 bits per heavy atom. The summed E-state index contributed by atoms with van der Waals surface area (Å²) < 4.78 is 7.80. The van der Waals surface area contributed by atoms with E-state index in [1.165, 1.54) is 6.33 Å². The van der Waals surface area contributed by atoms with Gasteiger partial charge in [-0.15, -0.1) is 0 Å². The molecule has 1 aliphatic rings. The number of ether oxygens (including phenoxy) is 1. The number of nitrogens with zero attached hydrogens (tertiary/aromatic N) is 5. The number of rotatable bonds is 2. The smallest absolute Gasteiger partial charge is 0.225 e. The lowest BCUT2D eigenvalue weighted by Crippen LogP contribution is -2.30. The van der Waals surface area contributed by atoms with E-state index in [2.05, 4.69) is 64.6 Å². The number of hydrogen-bond acceptors (Lipinski definition) is 6. The molecule has 0 saturated carbocycles. The highest BCUT2D eigenvalue weighted by molar-refractivity contribution is 6.30. The topological polar surface area (TPSA) is 76.3 Å². The molecular formula is C24H24ClN5O2. The van der Waals surface area contributed by atoms with Crippen LogP contribution in [0.2, 0.25) is 5.15 Å². The molecule has 0 spiro atoms. The number of anilines is 1. The van der Waals surface area contributed by atoms with Crippen molar-refractivity contribution in [3.8, 4) is 11.6 Å². The Balaban J connectivity index is 1.50. The Morgan fingerprint density at radius 3 is 2.62 bits per heavy atom. The van der Waals surface area contributed by atoms with Crippen molar-refractivity contribution in [2.24, 2.45) is 0 Å². The molecule has 164 valence electrons. The fourth-order valence-electron chi connectivity index (χ4n) is 3.99. The van der Waals surface area contributed by atoms with Gasteiger partial charge in [0.25, 0.3) is 0 Å². The van der Waals surface area contributed by atoms with Crippen LogP contribution in [0.5, 0.6) is 5.88 Å². The predicted molar refractivity (Wildman–Crippen MR) is 125 cm³/mol. The molecule has 7 nitrogen and oxygen atoms in total. The maximum Gasteiger partial charge on any atom is 0.225 e. The Labute approximate surface area is 191 Å². The van der Waals surface area contributed by atoms with Gasteiger partial charge < -0.3 is 19.3 Å². The maximum atomic E-state index is 11.1. The first-order valence-electron chi connectivity index (χ1n) is 10.5. The summed E-state index contributed by atoms with van der Waals surface area (Å²) >= 11 is 6.24. The summed E-state index contributed by atoms with van der Waals surface area (Å²) in [6.07, 6.45) is 4.27. The van der Waals surface area contributed by atoms with Gasteiger partial charge in [-0.25, -0.2) is 9.97 Å². The van der Waals surface area contributed by atoms with Gasteiger partial charge in [0.15, 0.2) is 6.23 Å². The first-order valence-corrected chi connectivity index (χ1v) is 10.9. The molecule has 4 aromatic rings. The van der Waals surface area contributed by atoms with E-state index >= 15 is 0 Å². The number of aliphatic hydroxyl groups is 1. The zero-order valence-electron chi connectivity index (χ0n) is 18.2. The van der Waals surface area contributed by atoms with Crippen LogP contribution in [0.3, 0.4) is 0 Å². The minimum absolute atomic E-state index is 0.0104. The molecular weight excluding hydrogens is 426 g/mol. The van der Waals surface area contributed by atoms with Crippen LogP contribution in [0.1, 0.15) is 38.3 Å². The molecule has 0 bridgehead atoms. The number of pyridine rings is 1. The molecule has 0 aliphatic carbocycles. The summed E-state index contributed by atoms with van der Waals surface area (Å²) in [5, 5.41) is 12.3. The van der Waals surface area contributed by atoms with Gasteiger partial charge in [0.1, 0.15) is 23.7 Å². The first-order chi connectivity index (χ1) is 15.3. The van der Waals surface area contributed by atoms with Gasteiger partial charge >= 0.3 is 0 Å². The van der Waals surface area contributed by atoms with Gasteiger partial charge in [0.05, 0.1) is 23.9 Å². The van der Waals surface area contributed by atoms with Crippen LogP contribution < -0.4 is 9.64 Å². The molecule has 0 amide bonds. The van der Waals surface area contributed by atoms with Crippen molar-refractivity contribution in [1.82, 2.24) is 19.5 Å². The third kappa shape index (κ3) is 3.57. The number of benzene rings is 1. The van der Waals surface area contributed by atoms with Crippen LogP contribution in [0.15, 0.2) is 55.1 Å². The van der Waals surface area contributed by atoms with Crippen molar-refractivity contribution in [2.75, 3.05) is 18.1 Å². The van der Waals surface area contributed by atoms with Crippen molar-refractivity contribution in [3.05, 3.63) is 71.5 Å². The van der Waals surface area contributed by atoms with Crippen LogP contribution in [0.25, 0.3) is 16.6 Å². The molecule has 0 fully saturated rings. The zero-order valence-corrected chi connectivity index (χ0v) is 18.9. The maximum absolute atomic E-state index is 11.1. The van der Waals surface area contributed by atoms with Crippen molar-refractivity contribution < 1.29 is 9.84 Å². The Kier molecular flexibility index (Phi) is 5.03. The molecule has 5 rings (SSSR count). The van der Waals surface area contributed by atoms with E-state index in [1.54, 1.807) is 0 Å². The molecule has 1 N–H and O–H groups in total. The molecule has 1 atom stereocenters. The van der Waals surface area contributed by atoms with Gasteiger partial charge in [-0.2, -0.15) is 0 Å². The molecule has 32 heavy (non-hydrogen) atoms. The molecule has 1 aromatic carbocycles. The normalized spacial score (nSPS) is 16.5. The second-order valence-electron chi connectivity index (χ2n) is 8.88. The molecule has 1 unspecified atom stereocenters. The second-order valence-corrected chi connectivity index (χ2v) is 9.24. The predicted octanol–water partition coefficient (Wildman–Crippen LogP) is 4.66. The lowest BCUT2D eigenvalue weighted by Gasteiger charge is -2.28. The van der Waals surface area contributed by atoms with Gasteiger partial charge in [0, 0.05) is 28.4 Å². The lowest BCUT2D eigenvalue weighted by atomic mass is 9.92. The van der Waals surface area contributed by atoms with Crippen molar-refractivity contribution >= 4 is 28.2 Å². The highest BCUT2D eigenvalue weighted by atomic mass is 35.5. The Bertz CT molecular complexity index is 1280. The largest absolute Gasteiger partial charge is 0.475 e. The average molecular weight is 450 g/mol. The van der Waals surface area contributed by atoms with E-state index in [9.17, 15) is 5.11 Å². The summed E-state index contributed by atoms with van der Waals surface area (Å²) in [7, 11) is 0. The number of fused-ring (bicyclic) bond motifs is 2. The third-order valence-electron chi connectivity index (χ3n) is 5.72. The van der Waals surface area contributed by atoms with Crippen LogP contribution >= 0.6 is 11.6 Å². The highest BCUT2D eigenvalue weighted by Crippen LogP contribution is 2.36. The summed E-state index contributed by atoms with van der Waals surface area (Å²) in [5.74, 6) is 0.318. The van der Waals surface area contributed by atoms with E-state index in [1.807, 2.05) is 29.4 Å². The number of aromatic nitrogens is 4. The summed E-state index contributed by atoms with van der Waals surface area (Å²) in [6, 6.07) is 12.3. The molecule has 8 heteroatoms. The lowest BCUT2D eigenvalue weighted by molar-refractivity contribution is 0.174. The summed E-state index contributed by atoms with van der Waals surface area (Å²) in [6.45, 7) is 7.32. The monoisotopic (exact) mass is 449 g/mol. The Morgan fingerprint density at radius 2 is 1.88 bits per heavy atom. The van der Waals surface area contributed by atoms with Crippen molar-refractivity contribution in [1.29, 1.82) is 0 Å². The van der Waals surface area contributed by atoms with Crippen molar-refractivity contribution in [2.45, 2.75) is 32.4 Å². The van der Waals surface area contributed by atoms with Gasteiger partial charge in [-0.3, -0.25) is 4.98 Å². The van der Waals surface area contributed by atoms with E-state index in [0.29, 0.717) is 24.6 Å². The molecule has 1 aliphatic heterocycles. The van der Waals surface area contributed by atoms with Crippen LogP contribution in [-0.2, 0) is 5.41 Å². The second kappa shape index (κ2) is 7.76. The highest BCUT2D eigenvalue weighted by Gasteiger charge is 2.29. The Hall–Kier alpha value is -3.16. The zero-order chi connectivity index (χ0) is 22.5. The van der Waals surface area contributed by atoms with E-state index in [0.717, 1.165) is 28.0 Å². The number of hydrogen-bond donors (Lipinski definition) is 1. The van der Waals surface area contributed by atoms with Crippen molar-refractivity contribution in [3.63, 3.8) is 0 Å². The van der Waals surface area contributed by atoms with Crippen LogP contribution in [-0.4, -0.2) is 37.8 Å². The standard InChI is InChI=1S/C24H24ClN5O2/c1-24(2,3)19-7-5-17(13-26-19)29-9-8-15-12-16(4-6-18(15)29)30-10-11-32-22-20(23(30)31)21(25)27-14-28-22/h4-9,12-14,23,31H,10-11H2,1-3H3. The molecule has 3 aromatic heterocycles. The molecule has 0 saturated heterocycles. The molecule has 4 heterocycles. The quantitative estimate of drug-likeness (QED) is 0.449. The van der Waals surface area contributed by atoms with E-state index < -0.39 is 6.23 Å². The summed E-state index contributed by atoms with van der Waals surface area (Å²) in [4.78, 5) is 14.6. The average Bonchev–Trinajstić information content (AvgIpc) is 3.11. The minimum atomic E-state index is -1.00. The fraction of sp³-hybridized carbons (Fsp3) is 0.292.